The molecule has 3 aromatic rings. The summed E-state index contributed by atoms with van der Waals surface area (Å²) in [5, 5.41) is 6.43. The van der Waals surface area contributed by atoms with E-state index < -0.39 is 17.0 Å². The molecule has 1 aromatic heterocycles. The van der Waals surface area contributed by atoms with Crippen LogP contribution >= 0.6 is 11.3 Å². The minimum atomic E-state index is -4.53. The molecule has 0 bridgehead atoms. The maximum atomic E-state index is 13.4. The standard InChI is InChI=1S/C20H15F3N2O2S/c1-12(26)24-15-9-7-14(8-10-15)19(27)25-16-11-28-18(20(21,22)23)17(16)13-5-3-2-4-6-13/h2-11H,1H3,(H,24,26)(H,25,27). The van der Waals surface area contributed by atoms with E-state index in [9.17, 15) is 22.8 Å². The molecule has 0 unspecified atom stereocenters. The third-order valence-electron chi connectivity index (χ3n) is 3.83. The summed E-state index contributed by atoms with van der Waals surface area (Å²) in [5.74, 6) is -0.791. The number of benzene rings is 2. The van der Waals surface area contributed by atoms with Gasteiger partial charge < -0.3 is 10.6 Å². The Hall–Kier alpha value is -3.13. The first-order valence-electron chi connectivity index (χ1n) is 8.19. The van der Waals surface area contributed by atoms with Gasteiger partial charge in [0.15, 0.2) is 0 Å². The minimum Gasteiger partial charge on any atom is -0.326 e. The summed E-state index contributed by atoms with van der Waals surface area (Å²) in [7, 11) is 0. The molecule has 4 nitrogen and oxygen atoms in total. The van der Waals surface area contributed by atoms with E-state index in [-0.39, 0.29) is 22.7 Å². The molecule has 0 aliphatic carbocycles. The van der Waals surface area contributed by atoms with Crippen LogP contribution in [0.15, 0.2) is 60.0 Å². The number of rotatable bonds is 4. The van der Waals surface area contributed by atoms with Gasteiger partial charge in [-0.05, 0) is 29.8 Å². The van der Waals surface area contributed by atoms with Crippen LogP contribution in [0.2, 0.25) is 0 Å². The van der Waals surface area contributed by atoms with Crippen LogP contribution in [0.5, 0.6) is 0 Å². The van der Waals surface area contributed by atoms with Crippen molar-refractivity contribution in [2.45, 2.75) is 13.1 Å². The number of hydrogen-bond donors (Lipinski definition) is 2. The second kappa shape index (κ2) is 7.85. The number of carbonyl (C=O) groups is 2. The predicted octanol–water partition coefficient (Wildman–Crippen LogP) is 5.64. The summed E-state index contributed by atoms with van der Waals surface area (Å²) in [6, 6.07) is 14.2. The van der Waals surface area contributed by atoms with Gasteiger partial charge in [0.05, 0.1) is 5.69 Å². The lowest BCUT2D eigenvalue weighted by Crippen LogP contribution is -2.13. The Balaban J connectivity index is 1.91. The molecule has 1 heterocycles. The molecular formula is C20H15F3N2O2S. The SMILES string of the molecule is CC(=O)Nc1ccc(C(=O)Nc2csc(C(F)(F)F)c2-c2ccccc2)cc1. The van der Waals surface area contributed by atoms with Gasteiger partial charge >= 0.3 is 6.18 Å². The van der Waals surface area contributed by atoms with Gasteiger partial charge in [-0.25, -0.2) is 0 Å². The van der Waals surface area contributed by atoms with Crippen molar-refractivity contribution in [2.75, 3.05) is 10.6 Å². The summed E-state index contributed by atoms with van der Waals surface area (Å²) in [4.78, 5) is 22.8. The van der Waals surface area contributed by atoms with Gasteiger partial charge in [0.1, 0.15) is 4.88 Å². The quantitative estimate of drug-likeness (QED) is 0.591. The molecule has 2 aromatic carbocycles. The highest BCUT2D eigenvalue weighted by Crippen LogP contribution is 2.45. The number of amides is 2. The number of anilines is 2. The van der Waals surface area contributed by atoms with E-state index >= 15 is 0 Å². The monoisotopic (exact) mass is 404 g/mol. The van der Waals surface area contributed by atoms with Crippen molar-refractivity contribution < 1.29 is 22.8 Å². The number of hydrogen-bond acceptors (Lipinski definition) is 3. The van der Waals surface area contributed by atoms with Gasteiger partial charge in [0, 0.05) is 29.1 Å². The van der Waals surface area contributed by atoms with Crippen LogP contribution in [-0.2, 0) is 11.0 Å². The average Bonchev–Trinajstić information content (AvgIpc) is 3.06. The Morgan fingerprint density at radius 2 is 1.57 bits per heavy atom. The smallest absolute Gasteiger partial charge is 0.326 e. The van der Waals surface area contributed by atoms with Gasteiger partial charge in [-0.1, -0.05) is 30.3 Å². The minimum absolute atomic E-state index is 0.0543. The van der Waals surface area contributed by atoms with E-state index in [1.807, 2.05) is 0 Å². The highest BCUT2D eigenvalue weighted by atomic mass is 32.1. The third-order valence-corrected chi connectivity index (χ3v) is 4.85. The zero-order valence-corrected chi connectivity index (χ0v) is 15.4. The molecule has 0 aliphatic rings. The van der Waals surface area contributed by atoms with E-state index in [2.05, 4.69) is 10.6 Å². The molecule has 0 aliphatic heterocycles. The van der Waals surface area contributed by atoms with Crippen molar-refractivity contribution in [2.24, 2.45) is 0 Å². The predicted molar refractivity (Wildman–Crippen MR) is 103 cm³/mol. The number of halogens is 3. The van der Waals surface area contributed by atoms with Crippen LogP contribution in [0.25, 0.3) is 11.1 Å². The normalized spacial score (nSPS) is 11.1. The van der Waals surface area contributed by atoms with E-state index in [0.29, 0.717) is 22.6 Å². The molecule has 2 amide bonds. The lowest BCUT2D eigenvalue weighted by atomic mass is 10.0. The fourth-order valence-electron chi connectivity index (χ4n) is 2.65. The van der Waals surface area contributed by atoms with Crippen molar-refractivity contribution in [3.8, 4) is 11.1 Å². The first-order chi connectivity index (χ1) is 13.3. The molecule has 0 saturated heterocycles. The van der Waals surface area contributed by atoms with Crippen molar-refractivity contribution in [3.05, 3.63) is 70.4 Å². The second-order valence-electron chi connectivity index (χ2n) is 5.93. The lowest BCUT2D eigenvalue weighted by molar-refractivity contribution is -0.133. The maximum absolute atomic E-state index is 13.4. The van der Waals surface area contributed by atoms with Gasteiger partial charge in [0.25, 0.3) is 5.91 Å². The van der Waals surface area contributed by atoms with Crippen LogP contribution in [-0.4, -0.2) is 11.8 Å². The number of alkyl halides is 3. The Labute approximate surface area is 163 Å². The van der Waals surface area contributed by atoms with E-state index in [0.717, 1.165) is 0 Å². The summed E-state index contributed by atoms with van der Waals surface area (Å²) in [5.41, 5.74) is 1.19. The fraction of sp³-hybridized carbons (Fsp3) is 0.100. The van der Waals surface area contributed by atoms with Crippen LogP contribution in [0.4, 0.5) is 24.5 Å². The molecule has 0 radical (unpaired) electrons. The van der Waals surface area contributed by atoms with Crippen molar-refractivity contribution >= 4 is 34.5 Å². The van der Waals surface area contributed by atoms with Crippen molar-refractivity contribution in [1.82, 2.24) is 0 Å². The zero-order chi connectivity index (χ0) is 20.3. The fourth-order valence-corrected chi connectivity index (χ4v) is 3.54. The second-order valence-corrected chi connectivity index (χ2v) is 6.81. The lowest BCUT2D eigenvalue weighted by Gasteiger charge is -2.12. The molecule has 0 spiro atoms. The summed E-state index contributed by atoms with van der Waals surface area (Å²) in [6.45, 7) is 1.36. The third kappa shape index (κ3) is 4.40. The summed E-state index contributed by atoms with van der Waals surface area (Å²) >= 11 is 0.537. The van der Waals surface area contributed by atoms with Crippen molar-refractivity contribution in [3.63, 3.8) is 0 Å². The van der Waals surface area contributed by atoms with Crippen LogP contribution in [0.1, 0.15) is 22.2 Å². The largest absolute Gasteiger partial charge is 0.426 e. The first-order valence-corrected chi connectivity index (χ1v) is 9.07. The number of nitrogens with one attached hydrogen (secondary N) is 2. The molecule has 3 rings (SSSR count). The summed E-state index contributed by atoms with van der Waals surface area (Å²) < 4.78 is 40.3. The molecular weight excluding hydrogens is 389 g/mol. The molecule has 8 heteroatoms. The van der Waals surface area contributed by atoms with Crippen LogP contribution < -0.4 is 10.6 Å². The van der Waals surface area contributed by atoms with E-state index in [4.69, 9.17) is 0 Å². The molecule has 0 saturated carbocycles. The van der Waals surface area contributed by atoms with Gasteiger partial charge in [-0.2, -0.15) is 13.2 Å². The zero-order valence-electron chi connectivity index (χ0n) is 14.6. The topological polar surface area (TPSA) is 58.2 Å². The Kier molecular flexibility index (Phi) is 5.51. The van der Waals surface area contributed by atoms with Gasteiger partial charge in [-0.3, -0.25) is 9.59 Å². The van der Waals surface area contributed by atoms with Gasteiger partial charge in [-0.15, -0.1) is 11.3 Å². The summed E-state index contributed by atoms with van der Waals surface area (Å²) in [6.07, 6.45) is -4.53. The van der Waals surface area contributed by atoms with Gasteiger partial charge in [0.2, 0.25) is 5.91 Å². The highest BCUT2D eigenvalue weighted by Gasteiger charge is 2.37. The molecule has 0 fully saturated rings. The number of carbonyl (C=O) groups excluding carboxylic acids is 2. The van der Waals surface area contributed by atoms with Crippen LogP contribution in [0, 0.1) is 0 Å². The van der Waals surface area contributed by atoms with E-state index in [1.54, 1.807) is 42.5 Å². The molecule has 144 valence electrons. The molecule has 2 N–H and O–H groups in total. The molecule has 28 heavy (non-hydrogen) atoms. The maximum Gasteiger partial charge on any atom is 0.426 e. The highest BCUT2D eigenvalue weighted by molar-refractivity contribution is 7.11. The number of thiophene rings is 1. The first kappa shape index (κ1) is 19.6. The van der Waals surface area contributed by atoms with Crippen LogP contribution in [0.3, 0.4) is 0 Å². The Morgan fingerprint density at radius 3 is 2.14 bits per heavy atom. The van der Waals surface area contributed by atoms with Crippen molar-refractivity contribution in [1.29, 1.82) is 0 Å². The van der Waals surface area contributed by atoms with E-state index in [1.165, 1.54) is 24.4 Å². The average molecular weight is 404 g/mol. The Morgan fingerprint density at radius 1 is 0.929 bits per heavy atom. The Bertz CT molecular complexity index is 997. The molecule has 0 atom stereocenters.